The summed E-state index contributed by atoms with van der Waals surface area (Å²) in [6.07, 6.45) is 3.19. The van der Waals surface area contributed by atoms with Gasteiger partial charge in [0.25, 0.3) is 0 Å². The average Bonchev–Trinajstić information content (AvgIpc) is 2.55. The summed E-state index contributed by atoms with van der Waals surface area (Å²) in [5, 5.41) is 2.88. The Bertz CT molecular complexity index is 735. The van der Waals surface area contributed by atoms with Crippen LogP contribution in [-0.4, -0.2) is 20.1 Å². The number of amides is 1. The normalized spacial score (nSPS) is 10.6. The highest BCUT2D eigenvalue weighted by Crippen LogP contribution is 2.25. The lowest BCUT2D eigenvalue weighted by Crippen LogP contribution is -2.09. The predicted molar refractivity (Wildman–Crippen MR) is 93.1 cm³/mol. The van der Waals surface area contributed by atoms with Gasteiger partial charge in [0.1, 0.15) is 11.5 Å². The lowest BCUT2D eigenvalue weighted by molar-refractivity contribution is -0.111. The number of ether oxygens (including phenoxy) is 2. The SMILES string of the molecule is COc1ccc(OC)c(C=CC(=O)Nc2ccc(C)cc2C)c1. The minimum absolute atomic E-state index is 0.193. The summed E-state index contributed by atoms with van der Waals surface area (Å²) in [6.45, 7) is 3.99. The molecule has 2 aromatic rings. The second-order valence-corrected chi connectivity index (χ2v) is 5.25. The Balaban J connectivity index is 2.14. The van der Waals surface area contributed by atoms with Crippen LogP contribution in [0.25, 0.3) is 6.08 Å². The van der Waals surface area contributed by atoms with Crippen molar-refractivity contribution in [2.24, 2.45) is 0 Å². The molecule has 2 aromatic carbocycles. The van der Waals surface area contributed by atoms with Crippen molar-refractivity contribution in [2.75, 3.05) is 19.5 Å². The number of rotatable bonds is 5. The zero-order valence-electron chi connectivity index (χ0n) is 13.8. The van der Waals surface area contributed by atoms with E-state index >= 15 is 0 Å². The van der Waals surface area contributed by atoms with Gasteiger partial charge < -0.3 is 14.8 Å². The lowest BCUT2D eigenvalue weighted by atomic mass is 10.1. The first-order valence-corrected chi connectivity index (χ1v) is 7.32. The van der Waals surface area contributed by atoms with Crippen LogP contribution in [0, 0.1) is 13.8 Å². The molecule has 1 N–H and O–H groups in total. The summed E-state index contributed by atoms with van der Waals surface area (Å²) in [7, 11) is 3.19. The quantitative estimate of drug-likeness (QED) is 0.850. The van der Waals surface area contributed by atoms with E-state index in [-0.39, 0.29) is 5.91 Å². The number of anilines is 1. The first-order valence-electron chi connectivity index (χ1n) is 7.32. The van der Waals surface area contributed by atoms with E-state index in [0.29, 0.717) is 11.5 Å². The van der Waals surface area contributed by atoms with Crippen molar-refractivity contribution in [3.8, 4) is 11.5 Å². The molecule has 2 rings (SSSR count). The van der Waals surface area contributed by atoms with Gasteiger partial charge in [-0.3, -0.25) is 4.79 Å². The standard InChI is InChI=1S/C19H21NO3/c1-13-5-8-17(14(2)11-13)20-19(21)10-6-15-12-16(22-3)7-9-18(15)23-4/h5-12H,1-4H3,(H,20,21). The van der Waals surface area contributed by atoms with Crippen molar-refractivity contribution < 1.29 is 14.3 Å². The molecule has 0 bridgehead atoms. The maximum absolute atomic E-state index is 12.1. The molecule has 0 fully saturated rings. The zero-order chi connectivity index (χ0) is 16.8. The van der Waals surface area contributed by atoms with Gasteiger partial charge in [0.2, 0.25) is 5.91 Å². The third-order valence-electron chi connectivity index (χ3n) is 3.49. The van der Waals surface area contributed by atoms with Crippen molar-refractivity contribution in [3.63, 3.8) is 0 Å². The fourth-order valence-electron chi connectivity index (χ4n) is 2.26. The van der Waals surface area contributed by atoms with Gasteiger partial charge in [0, 0.05) is 17.3 Å². The number of carbonyl (C=O) groups is 1. The van der Waals surface area contributed by atoms with Crippen molar-refractivity contribution in [1.29, 1.82) is 0 Å². The molecule has 0 radical (unpaired) electrons. The fourth-order valence-corrected chi connectivity index (χ4v) is 2.26. The number of aryl methyl sites for hydroxylation is 2. The van der Waals surface area contributed by atoms with Gasteiger partial charge in [-0.1, -0.05) is 17.7 Å². The number of hydrogen-bond acceptors (Lipinski definition) is 3. The molecule has 0 saturated carbocycles. The third-order valence-corrected chi connectivity index (χ3v) is 3.49. The molecule has 0 aliphatic rings. The fraction of sp³-hybridized carbons (Fsp3) is 0.211. The molecule has 0 heterocycles. The molecule has 0 aromatic heterocycles. The summed E-state index contributed by atoms with van der Waals surface area (Å²) in [5.41, 5.74) is 3.79. The second-order valence-electron chi connectivity index (χ2n) is 5.25. The van der Waals surface area contributed by atoms with E-state index < -0.39 is 0 Å². The highest BCUT2D eigenvalue weighted by Gasteiger charge is 2.04. The van der Waals surface area contributed by atoms with Crippen LogP contribution in [0.2, 0.25) is 0 Å². The van der Waals surface area contributed by atoms with E-state index in [1.165, 1.54) is 6.08 Å². The molecule has 0 unspecified atom stereocenters. The summed E-state index contributed by atoms with van der Waals surface area (Å²) in [6, 6.07) is 11.3. The van der Waals surface area contributed by atoms with Crippen LogP contribution in [0.4, 0.5) is 5.69 Å². The number of methoxy groups -OCH3 is 2. The predicted octanol–water partition coefficient (Wildman–Crippen LogP) is 3.97. The van der Waals surface area contributed by atoms with Gasteiger partial charge in [0.05, 0.1) is 14.2 Å². The summed E-state index contributed by atoms with van der Waals surface area (Å²) < 4.78 is 10.5. The third kappa shape index (κ3) is 4.36. The monoisotopic (exact) mass is 311 g/mol. The van der Waals surface area contributed by atoms with E-state index in [9.17, 15) is 4.79 Å². The molecule has 120 valence electrons. The topological polar surface area (TPSA) is 47.6 Å². The van der Waals surface area contributed by atoms with Crippen LogP contribution >= 0.6 is 0 Å². The number of benzene rings is 2. The first-order chi connectivity index (χ1) is 11.0. The van der Waals surface area contributed by atoms with E-state index in [2.05, 4.69) is 5.32 Å². The van der Waals surface area contributed by atoms with Gasteiger partial charge in [-0.25, -0.2) is 0 Å². The maximum atomic E-state index is 12.1. The van der Waals surface area contributed by atoms with E-state index in [1.54, 1.807) is 26.4 Å². The van der Waals surface area contributed by atoms with Crippen LogP contribution in [0.15, 0.2) is 42.5 Å². The zero-order valence-corrected chi connectivity index (χ0v) is 13.8. The second kappa shape index (κ2) is 7.49. The highest BCUT2D eigenvalue weighted by atomic mass is 16.5. The molecular weight excluding hydrogens is 290 g/mol. The van der Waals surface area contributed by atoms with Crippen molar-refractivity contribution >= 4 is 17.7 Å². The first kappa shape index (κ1) is 16.6. The van der Waals surface area contributed by atoms with Crippen LogP contribution in [0.1, 0.15) is 16.7 Å². The van der Waals surface area contributed by atoms with Crippen LogP contribution in [-0.2, 0) is 4.79 Å². The number of nitrogens with one attached hydrogen (secondary N) is 1. The largest absolute Gasteiger partial charge is 0.497 e. The molecule has 23 heavy (non-hydrogen) atoms. The Morgan fingerprint density at radius 2 is 1.83 bits per heavy atom. The summed E-state index contributed by atoms with van der Waals surface area (Å²) >= 11 is 0. The van der Waals surface area contributed by atoms with E-state index in [4.69, 9.17) is 9.47 Å². The molecule has 0 spiro atoms. The van der Waals surface area contributed by atoms with Crippen LogP contribution in [0.5, 0.6) is 11.5 Å². The minimum atomic E-state index is -0.193. The Morgan fingerprint density at radius 3 is 2.48 bits per heavy atom. The van der Waals surface area contributed by atoms with Gasteiger partial charge in [0.15, 0.2) is 0 Å². The number of hydrogen-bond donors (Lipinski definition) is 1. The Kier molecular flexibility index (Phi) is 5.41. The molecular formula is C19H21NO3. The molecule has 4 heteroatoms. The van der Waals surface area contributed by atoms with Gasteiger partial charge in [-0.05, 0) is 49.8 Å². The van der Waals surface area contributed by atoms with Gasteiger partial charge >= 0.3 is 0 Å². The smallest absolute Gasteiger partial charge is 0.248 e. The van der Waals surface area contributed by atoms with Crippen LogP contribution < -0.4 is 14.8 Å². The molecule has 0 aliphatic carbocycles. The summed E-state index contributed by atoms with van der Waals surface area (Å²) in [5.74, 6) is 1.20. The van der Waals surface area contributed by atoms with Gasteiger partial charge in [-0.15, -0.1) is 0 Å². The maximum Gasteiger partial charge on any atom is 0.248 e. The Labute approximate surface area is 136 Å². The highest BCUT2D eigenvalue weighted by molar-refractivity contribution is 6.02. The van der Waals surface area contributed by atoms with Crippen molar-refractivity contribution in [3.05, 3.63) is 59.2 Å². The minimum Gasteiger partial charge on any atom is -0.497 e. The molecule has 4 nitrogen and oxygen atoms in total. The number of carbonyl (C=O) groups excluding carboxylic acids is 1. The van der Waals surface area contributed by atoms with E-state index in [1.807, 2.05) is 44.2 Å². The molecule has 0 atom stereocenters. The molecule has 1 amide bonds. The van der Waals surface area contributed by atoms with Gasteiger partial charge in [-0.2, -0.15) is 0 Å². The lowest BCUT2D eigenvalue weighted by Gasteiger charge is -2.08. The average molecular weight is 311 g/mol. The van der Waals surface area contributed by atoms with Crippen molar-refractivity contribution in [2.45, 2.75) is 13.8 Å². The molecule has 0 saturated heterocycles. The van der Waals surface area contributed by atoms with Crippen molar-refractivity contribution in [1.82, 2.24) is 0 Å². The Morgan fingerprint density at radius 1 is 1.04 bits per heavy atom. The summed E-state index contributed by atoms with van der Waals surface area (Å²) in [4.78, 5) is 12.1. The molecule has 0 aliphatic heterocycles. The van der Waals surface area contributed by atoms with Crippen LogP contribution in [0.3, 0.4) is 0 Å². The van der Waals surface area contributed by atoms with E-state index in [0.717, 1.165) is 22.4 Å². The Hall–Kier alpha value is -2.75.